The SMILES string of the molecule is CCOC(c1ccccc1)C(CCCC(C)C)NN. The van der Waals surface area contributed by atoms with Gasteiger partial charge < -0.3 is 4.74 Å². The van der Waals surface area contributed by atoms with Crippen molar-refractivity contribution >= 4 is 0 Å². The van der Waals surface area contributed by atoms with Gasteiger partial charge in [-0.3, -0.25) is 11.3 Å². The van der Waals surface area contributed by atoms with Crippen LogP contribution in [0.15, 0.2) is 30.3 Å². The number of hydrogen-bond acceptors (Lipinski definition) is 3. The molecule has 0 radical (unpaired) electrons. The van der Waals surface area contributed by atoms with E-state index < -0.39 is 0 Å². The smallest absolute Gasteiger partial charge is 0.0991 e. The van der Waals surface area contributed by atoms with Gasteiger partial charge in [0.25, 0.3) is 0 Å². The standard InChI is InChI=1S/C16H28N2O/c1-4-19-16(14-10-6-5-7-11-14)15(18-17)12-8-9-13(2)3/h5-7,10-11,13,15-16,18H,4,8-9,12,17H2,1-3H3. The monoisotopic (exact) mass is 264 g/mol. The molecule has 0 aliphatic rings. The molecule has 1 aromatic carbocycles. The lowest BCUT2D eigenvalue weighted by Crippen LogP contribution is -2.40. The van der Waals surface area contributed by atoms with Gasteiger partial charge in [-0.2, -0.15) is 0 Å². The Hall–Kier alpha value is -0.900. The Morgan fingerprint density at radius 3 is 2.37 bits per heavy atom. The fourth-order valence-electron chi connectivity index (χ4n) is 2.34. The molecule has 1 aromatic rings. The normalized spacial score (nSPS) is 14.6. The van der Waals surface area contributed by atoms with Crippen molar-refractivity contribution in [2.24, 2.45) is 11.8 Å². The Morgan fingerprint density at radius 1 is 1.16 bits per heavy atom. The molecule has 0 aliphatic heterocycles. The first-order valence-corrected chi connectivity index (χ1v) is 7.31. The number of rotatable bonds is 9. The number of hydrazine groups is 1. The first-order valence-electron chi connectivity index (χ1n) is 7.31. The lowest BCUT2D eigenvalue weighted by Gasteiger charge is -2.27. The third kappa shape index (κ3) is 5.72. The van der Waals surface area contributed by atoms with Gasteiger partial charge in [0.05, 0.1) is 12.1 Å². The van der Waals surface area contributed by atoms with E-state index in [1.807, 2.05) is 25.1 Å². The van der Waals surface area contributed by atoms with Gasteiger partial charge in [0, 0.05) is 6.61 Å². The molecule has 0 heterocycles. The van der Waals surface area contributed by atoms with E-state index in [1.54, 1.807) is 0 Å². The zero-order valence-corrected chi connectivity index (χ0v) is 12.4. The second kappa shape index (κ2) is 9.08. The highest BCUT2D eigenvalue weighted by Crippen LogP contribution is 2.24. The number of ether oxygens (including phenoxy) is 1. The average molecular weight is 264 g/mol. The van der Waals surface area contributed by atoms with Crippen LogP contribution in [-0.4, -0.2) is 12.6 Å². The Labute approximate surface area is 117 Å². The Kier molecular flexibility index (Phi) is 7.72. The van der Waals surface area contributed by atoms with Crippen LogP contribution in [0.4, 0.5) is 0 Å². The molecule has 19 heavy (non-hydrogen) atoms. The predicted octanol–water partition coefficient (Wildman–Crippen LogP) is 3.42. The molecule has 3 N–H and O–H groups in total. The molecule has 0 saturated carbocycles. The van der Waals surface area contributed by atoms with E-state index in [0.29, 0.717) is 6.61 Å². The summed E-state index contributed by atoms with van der Waals surface area (Å²) < 4.78 is 5.90. The van der Waals surface area contributed by atoms with Crippen LogP contribution < -0.4 is 11.3 Å². The second-order valence-electron chi connectivity index (χ2n) is 5.38. The second-order valence-corrected chi connectivity index (χ2v) is 5.38. The fraction of sp³-hybridized carbons (Fsp3) is 0.625. The minimum atomic E-state index is 0.0309. The Morgan fingerprint density at radius 2 is 1.84 bits per heavy atom. The van der Waals surface area contributed by atoms with Gasteiger partial charge in [-0.1, -0.05) is 57.0 Å². The molecule has 3 heteroatoms. The highest BCUT2D eigenvalue weighted by atomic mass is 16.5. The lowest BCUT2D eigenvalue weighted by atomic mass is 9.96. The molecular weight excluding hydrogens is 236 g/mol. The number of nitrogens with two attached hydrogens (primary N) is 1. The van der Waals surface area contributed by atoms with E-state index in [9.17, 15) is 0 Å². The molecule has 0 bridgehead atoms. The molecule has 0 aromatic heterocycles. The first-order chi connectivity index (χ1) is 9.19. The van der Waals surface area contributed by atoms with Crippen LogP contribution >= 0.6 is 0 Å². The van der Waals surface area contributed by atoms with E-state index in [1.165, 1.54) is 18.4 Å². The topological polar surface area (TPSA) is 47.3 Å². The van der Waals surface area contributed by atoms with Crippen LogP contribution in [0.25, 0.3) is 0 Å². The highest BCUT2D eigenvalue weighted by Gasteiger charge is 2.22. The summed E-state index contributed by atoms with van der Waals surface area (Å²) in [5.74, 6) is 6.46. The van der Waals surface area contributed by atoms with Gasteiger partial charge in [0.2, 0.25) is 0 Å². The minimum Gasteiger partial charge on any atom is -0.372 e. The number of nitrogens with one attached hydrogen (secondary N) is 1. The molecule has 0 amide bonds. The predicted molar refractivity (Wildman–Crippen MR) is 80.6 cm³/mol. The van der Waals surface area contributed by atoms with E-state index in [-0.39, 0.29) is 12.1 Å². The van der Waals surface area contributed by atoms with Gasteiger partial charge in [0.15, 0.2) is 0 Å². The van der Waals surface area contributed by atoms with E-state index in [4.69, 9.17) is 10.6 Å². The van der Waals surface area contributed by atoms with E-state index >= 15 is 0 Å². The van der Waals surface area contributed by atoms with Crippen molar-refractivity contribution in [3.63, 3.8) is 0 Å². The third-order valence-electron chi connectivity index (χ3n) is 3.35. The molecule has 0 saturated heterocycles. The van der Waals surface area contributed by atoms with Crippen LogP contribution in [0.5, 0.6) is 0 Å². The van der Waals surface area contributed by atoms with Crippen molar-refractivity contribution < 1.29 is 4.74 Å². The summed E-state index contributed by atoms with van der Waals surface area (Å²) in [7, 11) is 0. The highest BCUT2D eigenvalue weighted by molar-refractivity contribution is 5.19. The van der Waals surface area contributed by atoms with Gasteiger partial charge in [-0.05, 0) is 24.8 Å². The van der Waals surface area contributed by atoms with Crippen LogP contribution in [0.2, 0.25) is 0 Å². The molecule has 3 nitrogen and oxygen atoms in total. The maximum atomic E-state index is 5.90. The molecule has 0 spiro atoms. The first kappa shape index (κ1) is 16.2. The summed E-state index contributed by atoms with van der Waals surface area (Å²) in [6.45, 7) is 7.23. The van der Waals surface area contributed by atoms with Gasteiger partial charge >= 0.3 is 0 Å². The van der Waals surface area contributed by atoms with Crippen molar-refractivity contribution in [3.05, 3.63) is 35.9 Å². The summed E-state index contributed by atoms with van der Waals surface area (Å²) in [6.07, 6.45) is 3.46. The molecule has 0 aliphatic carbocycles. The summed E-state index contributed by atoms with van der Waals surface area (Å²) in [5, 5.41) is 0. The average Bonchev–Trinajstić information content (AvgIpc) is 2.42. The summed E-state index contributed by atoms with van der Waals surface area (Å²) in [4.78, 5) is 0. The van der Waals surface area contributed by atoms with Crippen LogP contribution in [0.3, 0.4) is 0 Å². The van der Waals surface area contributed by atoms with Crippen molar-refractivity contribution in [2.75, 3.05) is 6.61 Å². The minimum absolute atomic E-state index is 0.0309. The maximum Gasteiger partial charge on any atom is 0.0991 e. The van der Waals surface area contributed by atoms with Crippen molar-refractivity contribution in [1.82, 2.24) is 5.43 Å². The van der Waals surface area contributed by atoms with Crippen LogP contribution in [0, 0.1) is 5.92 Å². The Balaban J connectivity index is 2.66. The van der Waals surface area contributed by atoms with Gasteiger partial charge in [-0.25, -0.2) is 0 Å². The molecule has 2 atom stereocenters. The van der Waals surface area contributed by atoms with E-state index in [0.717, 1.165) is 12.3 Å². The van der Waals surface area contributed by atoms with Gasteiger partial charge in [0.1, 0.15) is 0 Å². The summed E-state index contributed by atoms with van der Waals surface area (Å²) in [5.41, 5.74) is 4.13. The lowest BCUT2D eigenvalue weighted by molar-refractivity contribution is 0.0300. The fourth-order valence-corrected chi connectivity index (χ4v) is 2.34. The van der Waals surface area contributed by atoms with E-state index in [2.05, 4.69) is 31.4 Å². The molecule has 1 rings (SSSR count). The zero-order chi connectivity index (χ0) is 14.1. The number of hydrogen-bond donors (Lipinski definition) is 2. The van der Waals surface area contributed by atoms with Crippen molar-refractivity contribution in [2.45, 2.75) is 52.2 Å². The van der Waals surface area contributed by atoms with Crippen molar-refractivity contribution in [1.29, 1.82) is 0 Å². The molecule has 2 unspecified atom stereocenters. The van der Waals surface area contributed by atoms with Crippen LogP contribution in [-0.2, 0) is 4.74 Å². The summed E-state index contributed by atoms with van der Waals surface area (Å²) >= 11 is 0. The summed E-state index contributed by atoms with van der Waals surface area (Å²) in [6, 6.07) is 10.5. The molecule has 0 fully saturated rings. The Bertz CT molecular complexity index is 327. The molecular formula is C16H28N2O. The quantitative estimate of drug-likeness (QED) is 0.530. The third-order valence-corrected chi connectivity index (χ3v) is 3.35. The molecule has 108 valence electrons. The van der Waals surface area contributed by atoms with Gasteiger partial charge in [-0.15, -0.1) is 0 Å². The van der Waals surface area contributed by atoms with Crippen LogP contribution in [0.1, 0.15) is 51.7 Å². The van der Waals surface area contributed by atoms with Crippen molar-refractivity contribution in [3.8, 4) is 0 Å². The largest absolute Gasteiger partial charge is 0.372 e. The number of benzene rings is 1. The maximum absolute atomic E-state index is 5.90. The zero-order valence-electron chi connectivity index (χ0n) is 12.4.